The molecular weight excluding hydrogens is 366 g/mol. The summed E-state index contributed by atoms with van der Waals surface area (Å²) in [6.07, 6.45) is 4.94. The SMILES string of the molecule is O=C(NCCCCc1ccccc1)C1CSC(c2cnc3ccccc3c2)=N1. The molecule has 0 bridgehead atoms. The summed E-state index contributed by atoms with van der Waals surface area (Å²) in [7, 11) is 0. The van der Waals surface area contributed by atoms with Crippen molar-refractivity contribution in [2.45, 2.75) is 25.3 Å². The van der Waals surface area contributed by atoms with Crippen LogP contribution in [0.2, 0.25) is 0 Å². The molecule has 3 aromatic rings. The van der Waals surface area contributed by atoms with Gasteiger partial charge in [0, 0.05) is 29.4 Å². The Hall–Kier alpha value is -2.66. The van der Waals surface area contributed by atoms with Gasteiger partial charge in [-0.25, -0.2) is 0 Å². The molecule has 1 aromatic heterocycles. The first kappa shape index (κ1) is 18.7. The van der Waals surface area contributed by atoms with E-state index in [1.54, 1.807) is 11.8 Å². The highest BCUT2D eigenvalue weighted by molar-refractivity contribution is 8.14. The number of carbonyl (C=O) groups excluding carboxylic acids is 1. The van der Waals surface area contributed by atoms with Crippen LogP contribution in [0.1, 0.15) is 24.0 Å². The lowest BCUT2D eigenvalue weighted by atomic mass is 10.1. The van der Waals surface area contributed by atoms with Crippen LogP contribution < -0.4 is 5.32 Å². The zero-order valence-electron chi connectivity index (χ0n) is 15.7. The zero-order valence-corrected chi connectivity index (χ0v) is 16.5. The number of hydrogen-bond acceptors (Lipinski definition) is 4. The van der Waals surface area contributed by atoms with Gasteiger partial charge in [0.25, 0.3) is 0 Å². The highest BCUT2D eigenvalue weighted by Crippen LogP contribution is 2.25. The van der Waals surface area contributed by atoms with Crippen molar-refractivity contribution in [1.82, 2.24) is 10.3 Å². The topological polar surface area (TPSA) is 54.4 Å². The molecule has 2 heterocycles. The minimum absolute atomic E-state index is 0.0240. The molecule has 4 nitrogen and oxygen atoms in total. The van der Waals surface area contributed by atoms with Gasteiger partial charge in [-0.2, -0.15) is 0 Å². The molecule has 0 fully saturated rings. The van der Waals surface area contributed by atoms with Gasteiger partial charge in [0.1, 0.15) is 11.1 Å². The molecule has 0 radical (unpaired) electrons. The molecule has 0 aliphatic carbocycles. The lowest BCUT2D eigenvalue weighted by molar-refractivity contribution is -0.121. The zero-order chi connectivity index (χ0) is 19.2. The molecule has 2 aromatic carbocycles. The number of nitrogens with one attached hydrogen (secondary N) is 1. The number of amides is 1. The number of aryl methyl sites for hydroxylation is 1. The summed E-state index contributed by atoms with van der Waals surface area (Å²) < 4.78 is 0. The van der Waals surface area contributed by atoms with Crippen LogP contribution in [0.25, 0.3) is 10.9 Å². The Morgan fingerprint density at radius 1 is 1.07 bits per heavy atom. The molecule has 0 saturated carbocycles. The predicted molar refractivity (Wildman–Crippen MR) is 117 cm³/mol. The standard InChI is InChI=1S/C23H23N3OS/c27-22(24-13-7-6-10-17-8-2-1-3-9-17)21-16-28-23(26-21)19-14-18-11-4-5-12-20(18)25-15-19/h1-5,8-9,11-12,14-15,21H,6-7,10,13,16H2,(H,24,27). The minimum Gasteiger partial charge on any atom is -0.354 e. The Bertz CT molecular complexity index is 987. The highest BCUT2D eigenvalue weighted by atomic mass is 32.2. The van der Waals surface area contributed by atoms with Gasteiger partial charge in [-0.05, 0) is 37.0 Å². The van der Waals surface area contributed by atoms with E-state index in [2.05, 4.69) is 45.6 Å². The number of unbranched alkanes of at least 4 members (excludes halogenated alkanes) is 1. The molecule has 28 heavy (non-hydrogen) atoms. The van der Waals surface area contributed by atoms with Crippen LogP contribution in [0.15, 0.2) is 71.9 Å². The number of nitrogens with zero attached hydrogens (tertiary/aromatic N) is 2. The second kappa shape index (κ2) is 9.02. The van der Waals surface area contributed by atoms with Crippen molar-refractivity contribution in [2.24, 2.45) is 4.99 Å². The molecule has 0 spiro atoms. The second-order valence-corrected chi connectivity index (χ2v) is 7.92. The largest absolute Gasteiger partial charge is 0.354 e. The summed E-state index contributed by atoms with van der Waals surface area (Å²) >= 11 is 1.63. The summed E-state index contributed by atoms with van der Waals surface area (Å²) in [4.78, 5) is 21.6. The van der Waals surface area contributed by atoms with Gasteiger partial charge in [0.2, 0.25) is 5.91 Å². The van der Waals surface area contributed by atoms with Gasteiger partial charge in [-0.1, -0.05) is 48.5 Å². The van der Waals surface area contributed by atoms with E-state index in [0.717, 1.165) is 40.8 Å². The monoisotopic (exact) mass is 389 g/mol. The molecule has 1 aliphatic heterocycles. The van der Waals surface area contributed by atoms with Gasteiger partial charge in [-0.3, -0.25) is 14.8 Å². The summed E-state index contributed by atoms with van der Waals surface area (Å²) in [5, 5.41) is 5.03. The van der Waals surface area contributed by atoms with Gasteiger partial charge >= 0.3 is 0 Å². The molecule has 1 amide bonds. The molecule has 142 valence electrons. The summed E-state index contributed by atoms with van der Waals surface area (Å²) in [5.41, 5.74) is 3.31. The molecule has 0 saturated heterocycles. The van der Waals surface area contributed by atoms with Gasteiger partial charge in [0.15, 0.2) is 0 Å². The third-order valence-electron chi connectivity index (χ3n) is 4.83. The van der Waals surface area contributed by atoms with Crippen molar-refractivity contribution in [3.63, 3.8) is 0 Å². The Morgan fingerprint density at radius 2 is 1.89 bits per heavy atom. The molecular formula is C23H23N3OS. The number of hydrogen-bond donors (Lipinski definition) is 1. The fourth-order valence-electron chi connectivity index (χ4n) is 3.28. The first-order valence-electron chi connectivity index (χ1n) is 9.67. The van der Waals surface area contributed by atoms with Crippen LogP contribution in [0.5, 0.6) is 0 Å². The van der Waals surface area contributed by atoms with E-state index in [1.807, 2.05) is 36.5 Å². The number of fused-ring (bicyclic) bond motifs is 1. The van der Waals surface area contributed by atoms with Crippen molar-refractivity contribution >= 4 is 33.6 Å². The van der Waals surface area contributed by atoms with Crippen molar-refractivity contribution in [3.8, 4) is 0 Å². The Labute approximate surface area is 169 Å². The molecule has 4 rings (SSSR count). The Morgan fingerprint density at radius 3 is 2.79 bits per heavy atom. The summed E-state index contributed by atoms with van der Waals surface area (Å²) in [6, 6.07) is 20.3. The third kappa shape index (κ3) is 4.60. The number of aromatic nitrogens is 1. The average molecular weight is 390 g/mol. The van der Waals surface area contributed by atoms with Gasteiger partial charge in [0.05, 0.1) is 5.52 Å². The molecule has 1 atom stereocenters. The van der Waals surface area contributed by atoms with Gasteiger partial charge in [-0.15, -0.1) is 11.8 Å². The molecule has 1 aliphatic rings. The third-order valence-corrected chi connectivity index (χ3v) is 5.92. The van der Waals surface area contributed by atoms with E-state index < -0.39 is 0 Å². The smallest absolute Gasteiger partial charge is 0.245 e. The minimum atomic E-state index is -0.305. The lowest BCUT2D eigenvalue weighted by Gasteiger charge is -2.08. The van der Waals surface area contributed by atoms with E-state index in [1.165, 1.54) is 5.56 Å². The maximum Gasteiger partial charge on any atom is 0.245 e. The Kier molecular flexibility index (Phi) is 6.02. The average Bonchev–Trinajstić information content (AvgIpc) is 3.24. The number of para-hydroxylation sites is 1. The number of pyridine rings is 1. The van der Waals surface area contributed by atoms with E-state index in [-0.39, 0.29) is 11.9 Å². The van der Waals surface area contributed by atoms with Crippen molar-refractivity contribution in [2.75, 3.05) is 12.3 Å². The van der Waals surface area contributed by atoms with E-state index >= 15 is 0 Å². The fourth-order valence-corrected chi connectivity index (χ4v) is 4.30. The predicted octanol–water partition coefficient (Wildman–Crippen LogP) is 4.24. The number of benzene rings is 2. The van der Waals surface area contributed by atoms with Gasteiger partial charge < -0.3 is 5.32 Å². The number of thioether (sulfide) groups is 1. The van der Waals surface area contributed by atoms with Crippen LogP contribution in [0, 0.1) is 0 Å². The van der Waals surface area contributed by atoms with Crippen LogP contribution >= 0.6 is 11.8 Å². The molecule has 5 heteroatoms. The number of aliphatic imine (C=N–C) groups is 1. The van der Waals surface area contributed by atoms with Crippen LogP contribution in [0.3, 0.4) is 0 Å². The maximum atomic E-state index is 12.4. The number of carbonyl (C=O) groups is 1. The normalized spacial score (nSPS) is 16.1. The lowest BCUT2D eigenvalue weighted by Crippen LogP contribution is -2.34. The highest BCUT2D eigenvalue weighted by Gasteiger charge is 2.25. The Balaban J connectivity index is 1.27. The molecule has 1 unspecified atom stereocenters. The maximum absolute atomic E-state index is 12.4. The van der Waals surface area contributed by atoms with E-state index in [4.69, 9.17) is 0 Å². The van der Waals surface area contributed by atoms with Crippen molar-refractivity contribution in [3.05, 3.63) is 78.0 Å². The van der Waals surface area contributed by atoms with Crippen molar-refractivity contribution < 1.29 is 4.79 Å². The second-order valence-electron chi connectivity index (χ2n) is 6.91. The van der Waals surface area contributed by atoms with Crippen LogP contribution in [0.4, 0.5) is 0 Å². The first-order valence-corrected chi connectivity index (χ1v) is 10.7. The van der Waals surface area contributed by atoms with E-state index in [9.17, 15) is 4.79 Å². The van der Waals surface area contributed by atoms with Crippen LogP contribution in [-0.4, -0.2) is 34.3 Å². The fraction of sp³-hybridized carbons (Fsp3) is 0.261. The molecule has 1 N–H and O–H groups in total. The van der Waals surface area contributed by atoms with Crippen LogP contribution in [-0.2, 0) is 11.2 Å². The quantitative estimate of drug-likeness (QED) is 0.615. The van der Waals surface area contributed by atoms with Crippen molar-refractivity contribution in [1.29, 1.82) is 0 Å². The van der Waals surface area contributed by atoms with E-state index in [0.29, 0.717) is 12.3 Å². The summed E-state index contributed by atoms with van der Waals surface area (Å²) in [5.74, 6) is 0.717. The first-order chi connectivity index (χ1) is 13.8. The summed E-state index contributed by atoms with van der Waals surface area (Å²) in [6.45, 7) is 0.704. The number of rotatable bonds is 7.